The van der Waals surface area contributed by atoms with E-state index in [1.165, 1.54) is 24.3 Å². The minimum absolute atomic E-state index is 0.0541. The molecule has 22 heteroatoms. The third-order valence-electron chi connectivity index (χ3n) is 15.3. The fourth-order valence-corrected chi connectivity index (χ4v) is 11.6. The number of halogens is 8. The first-order valence-corrected chi connectivity index (χ1v) is 29.6. The van der Waals surface area contributed by atoms with Gasteiger partial charge in [0.05, 0.1) is 33.6 Å². The lowest BCUT2D eigenvalue weighted by atomic mass is 9.85. The third kappa shape index (κ3) is 15.7. The van der Waals surface area contributed by atoms with Crippen molar-refractivity contribution in [3.05, 3.63) is 188 Å². The fraction of sp³-hybridized carbons (Fsp3) is 0.312. The number of nitrogens with one attached hydrogen (secondary N) is 2. The topological polar surface area (TPSA) is 160 Å². The molecule has 6 heterocycles. The summed E-state index contributed by atoms with van der Waals surface area (Å²) in [5, 5.41) is 5.52. The predicted octanol–water partition coefficient (Wildman–Crippen LogP) is 16.0. The predicted molar refractivity (Wildman–Crippen MR) is 325 cm³/mol. The Kier molecular flexibility index (Phi) is 20.0. The van der Waals surface area contributed by atoms with Crippen LogP contribution in [0.25, 0.3) is 22.5 Å². The summed E-state index contributed by atoms with van der Waals surface area (Å²) in [6.07, 6.45) is 0.625. The summed E-state index contributed by atoms with van der Waals surface area (Å²) in [6.45, 7) is 11.4. The zero-order chi connectivity index (χ0) is 61.5. The van der Waals surface area contributed by atoms with Gasteiger partial charge in [0.2, 0.25) is 11.8 Å². The number of hydrogen-bond donors (Lipinski definition) is 2. The Labute approximate surface area is 511 Å². The molecule has 10 rings (SSSR count). The molecule has 2 aliphatic rings. The molecular weight excluding hydrogens is 1250 g/mol. The van der Waals surface area contributed by atoms with Crippen molar-refractivity contribution >= 4 is 55.0 Å². The van der Waals surface area contributed by atoms with Gasteiger partial charge in [-0.15, -0.1) is 0 Å². The standard InChI is InChI=1S/2C32H31BrF3N5O2/c2*1-4-29-37-12-9-27(39-29)26-6-5-11-38-31(26)43-24-15-21(14-23(33)17-24)30(42)40-28-16-22(32(34,35)36)7-8-25(28)19(2)20-10-13-41(3)18-20/h2*5-9,11-12,14-17,19-20H,4,10,13,18H2,1-3H3,(H,40,42). The lowest BCUT2D eigenvalue weighted by molar-refractivity contribution is -0.138. The van der Waals surface area contributed by atoms with Crippen molar-refractivity contribution in [3.8, 4) is 45.8 Å². The van der Waals surface area contributed by atoms with Crippen LogP contribution >= 0.6 is 31.9 Å². The van der Waals surface area contributed by atoms with Crippen LogP contribution in [0, 0.1) is 11.8 Å². The van der Waals surface area contributed by atoms with Crippen molar-refractivity contribution < 1.29 is 45.4 Å². The summed E-state index contributed by atoms with van der Waals surface area (Å²) in [5.74, 6) is 1.84. The zero-order valence-electron chi connectivity index (χ0n) is 47.9. The molecule has 0 bridgehead atoms. The van der Waals surface area contributed by atoms with Gasteiger partial charge in [-0.05, 0) is 172 Å². The highest BCUT2D eigenvalue weighted by Crippen LogP contribution is 2.42. The summed E-state index contributed by atoms with van der Waals surface area (Å²) in [4.78, 5) is 57.8. The van der Waals surface area contributed by atoms with Crippen molar-refractivity contribution in [1.29, 1.82) is 0 Å². The second-order valence-corrected chi connectivity index (χ2v) is 23.2. The Morgan fingerprint density at radius 3 is 1.34 bits per heavy atom. The summed E-state index contributed by atoms with van der Waals surface area (Å²) < 4.78 is 95.4. The lowest BCUT2D eigenvalue weighted by Crippen LogP contribution is -2.20. The number of aryl methyl sites for hydroxylation is 2. The molecule has 2 N–H and O–H groups in total. The summed E-state index contributed by atoms with van der Waals surface area (Å²) in [6, 6.07) is 27.5. The highest BCUT2D eigenvalue weighted by molar-refractivity contribution is 9.10. The Balaban J connectivity index is 0.000000205. The van der Waals surface area contributed by atoms with Crippen LogP contribution in [0.4, 0.5) is 37.7 Å². The molecular formula is C64H62Br2F6N10O4. The Hall–Kier alpha value is -7.66. The fourth-order valence-electron chi connectivity index (χ4n) is 10.6. The van der Waals surface area contributed by atoms with Gasteiger partial charge < -0.3 is 29.9 Å². The number of alkyl halides is 6. The van der Waals surface area contributed by atoms with E-state index in [4.69, 9.17) is 9.47 Å². The molecule has 2 amide bonds. The lowest BCUT2D eigenvalue weighted by Gasteiger charge is -2.24. The van der Waals surface area contributed by atoms with Gasteiger partial charge in [-0.25, -0.2) is 29.9 Å². The van der Waals surface area contributed by atoms with Crippen LogP contribution in [0.1, 0.15) is 107 Å². The number of carbonyl (C=O) groups is 2. The van der Waals surface area contributed by atoms with Crippen molar-refractivity contribution in [2.24, 2.45) is 11.8 Å². The molecule has 2 fully saturated rings. The molecule has 0 saturated carbocycles. The van der Waals surface area contributed by atoms with Crippen LogP contribution < -0.4 is 20.1 Å². The third-order valence-corrected chi connectivity index (χ3v) is 16.3. The number of nitrogens with zero attached hydrogens (tertiary/aromatic N) is 8. The van der Waals surface area contributed by atoms with Crippen LogP contribution in [0.2, 0.25) is 0 Å². The molecule has 86 heavy (non-hydrogen) atoms. The van der Waals surface area contributed by atoms with E-state index in [0.717, 1.165) is 63.3 Å². The number of pyridine rings is 2. The van der Waals surface area contributed by atoms with Gasteiger partial charge in [0.1, 0.15) is 23.1 Å². The summed E-state index contributed by atoms with van der Waals surface area (Å²) in [7, 11) is 4.05. The molecule has 0 spiro atoms. The van der Waals surface area contributed by atoms with Gasteiger partial charge >= 0.3 is 12.4 Å². The van der Waals surface area contributed by atoms with Crippen molar-refractivity contribution in [1.82, 2.24) is 39.7 Å². The normalized spacial score (nSPS) is 16.2. The van der Waals surface area contributed by atoms with Crippen molar-refractivity contribution in [2.75, 3.05) is 50.9 Å². The minimum Gasteiger partial charge on any atom is -0.438 e. The average molecular weight is 1310 g/mol. The van der Waals surface area contributed by atoms with Crippen LogP contribution in [-0.2, 0) is 25.2 Å². The molecule has 14 nitrogen and oxygen atoms in total. The van der Waals surface area contributed by atoms with E-state index >= 15 is 0 Å². The number of ether oxygens (including phenoxy) is 2. The second-order valence-electron chi connectivity index (χ2n) is 21.4. The van der Waals surface area contributed by atoms with E-state index in [2.05, 4.69) is 82.2 Å². The first-order chi connectivity index (χ1) is 41.0. The van der Waals surface area contributed by atoms with Crippen LogP contribution in [0.3, 0.4) is 0 Å². The maximum atomic E-state index is 13.7. The number of anilines is 2. The Morgan fingerprint density at radius 1 is 0.570 bits per heavy atom. The molecule has 0 aliphatic carbocycles. The van der Waals surface area contributed by atoms with E-state index in [1.807, 2.05) is 53.9 Å². The maximum Gasteiger partial charge on any atom is 0.416 e. The monoisotopic (exact) mass is 1310 g/mol. The average Bonchev–Trinajstić information content (AvgIpc) is 3.82. The van der Waals surface area contributed by atoms with Gasteiger partial charge in [-0.2, -0.15) is 26.3 Å². The first-order valence-electron chi connectivity index (χ1n) is 28.0. The van der Waals surface area contributed by atoms with Gasteiger partial charge in [-0.1, -0.05) is 71.7 Å². The number of aromatic nitrogens is 6. The maximum absolute atomic E-state index is 13.7. The van der Waals surface area contributed by atoms with Crippen molar-refractivity contribution in [2.45, 2.75) is 77.6 Å². The van der Waals surface area contributed by atoms with Gasteiger partial charge in [0, 0.05) is 82.2 Å². The molecule has 448 valence electrons. The van der Waals surface area contributed by atoms with Gasteiger partial charge in [0.15, 0.2) is 0 Å². The number of amides is 2. The Morgan fingerprint density at radius 2 is 0.977 bits per heavy atom. The highest BCUT2D eigenvalue weighted by Gasteiger charge is 2.35. The molecule has 4 unspecified atom stereocenters. The summed E-state index contributed by atoms with van der Waals surface area (Å²) in [5.41, 5.74) is 2.96. The molecule has 0 radical (unpaired) electrons. The minimum atomic E-state index is -4.55. The molecule has 8 aromatic rings. The molecule has 4 aromatic heterocycles. The number of hydrogen-bond acceptors (Lipinski definition) is 12. The number of benzene rings is 4. The highest BCUT2D eigenvalue weighted by atomic mass is 79.9. The molecule has 4 atom stereocenters. The van der Waals surface area contributed by atoms with E-state index < -0.39 is 35.3 Å². The molecule has 4 aromatic carbocycles. The largest absolute Gasteiger partial charge is 0.438 e. The van der Waals surface area contributed by atoms with E-state index in [-0.39, 0.29) is 57.9 Å². The van der Waals surface area contributed by atoms with Crippen LogP contribution in [-0.4, -0.2) is 91.8 Å². The number of carbonyl (C=O) groups excluding carboxylic acids is 2. The van der Waals surface area contributed by atoms with E-state index in [9.17, 15) is 35.9 Å². The first kappa shape index (κ1) is 62.9. The van der Waals surface area contributed by atoms with Gasteiger partial charge in [-0.3, -0.25) is 9.59 Å². The quantitative estimate of drug-likeness (QED) is 0.0883. The van der Waals surface area contributed by atoms with Gasteiger partial charge in [0.25, 0.3) is 11.8 Å². The second kappa shape index (κ2) is 27.4. The van der Waals surface area contributed by atoms with Crippen LogP contribution in [0.5, 0.6) is 23.3 Å². The van der Waals surface area contributed by atoms with Crippen LogP contribution in [0.15, 0.2) is 143 Å². The SMILES string of the molecule is CCc1nccc(-c2cccnc2Oc2cc(Br)cc(C(=O)Nc3cc(C(F)(F)F)ccc3C(C)C3CCN(C)C3)c2)n1.CCc1nccc(-c2cccnc2Oc2cc(Br)cc(C(=O)Nc3cc(C(F)(F)F)ccc3C(C)C3CCN(C)C3)c2)n1. The molecule has 2 aliphatic heterocycles. The van der Waals surface area contributed by atoms with Crippen molar-refractivity contribution in [3.63, 3.8) is 0 Å². The number of rotatable bonds is 16. The zero-order valence-corrected chi connectivity index (χ0v) is 51.1. The Bertz CT molecular complexity index is 3500. The van der Waals surface area contributed by atoms with E-state index in [0.29, 0.717) is 78.6 Å². The molecule has 2 saturated heterocycles. The smallest absolute Gasteiger partial charge is 0.416 e. The van der Waals surface area contributed by atoms with E-state index in [1.54, 1.807) is 73.3 Å². The summed E-state index contributed by atoms with van der Waals surface area (Å²) >= 11 is 6.87. The number of likely N-dealkylation sites (tertiary alicyclic amines) is 2.